The molecule has 0 saturated carbocycles. The van der Waals surface area contributed by atoms with Crippen LogP contribution in [0.25, 0.3) is 0 Å². The lowest BCUT2D eigenvalue weighted by Gasteiger charge is -1.97. The van der Waals surface area contributed by atoms with Gasteiger partial charge in [0.2, 0.25) is 0 Å². The second-order valence-corrected chi connectivity index (χ2v) is 2.69. The van der Waals surface area contributed by atoms with Crippen molar-refractivity contribution in [3.05, 3.63) is 54.0 Å². The van der Waals surface area contributed by atoms with Crippen LogP contribution in [0.4, 0.5) is 4.39 Å². The topological polar surface area (TPSA) is 26.0 Å². The van der Waals surface area contributed by atoms with Crippen molar-refractivity contribution in [2.75, 3.05) is 0 Å². The van der Waals surface area contributed by atoms with Crippen LogP contribution >= 0.6 is 0 Å². The Morgan fingerprint density at radius 3 is 2.85 bits per heavy atom. The quantitative estimate of drug-likeness (QED) is 0.704. The summed E-state index contributed by atoms with van der Waals surface area (Å²) in [5.74, 6) is 0.311. The van der Waals surface area contributed by atoms with Gasteiger partial charge >= 0.3 is 0 Å². The summed E-state index contributed by atoms with van der Waals surface area (Å²) < 4.78 is 18.1. The van der Waals surface area contributed by atoms with Crippen LogP contribution in [-0.2, 0) is 6.42 Å². The smallest absolute Gasteiger partial charge is 0.198 e. The van der Waals surface area contributed by atoms with Gasteiger partial charge in [0.1, 0.15) is 12.1 Å². The first-order valence-electron chi connectivity index (χ1n) is 3.98. The molecule has 3 heteroatoms. The van der Waals surface area contributed by atoms with Gasteiger partial charge in [0.25, 0.3) is 0 Å². The number of rotatable bonds is 2. The van der Waals surface area contributed by atoms with Crippen molar-refractivity contribution in [2.24, 2.45) is 0 Å². The van der Waals surface area contributed by atoms with Crippen LogP contribution in [-0.4, -0.2) is 4.98 Å². The lowest BCUT2D eigenvalue weighted by atomic mass is 10.1. The Morgan fingerprint density at radius 2 is 2.15 bits per heavy atom. The van der Waals surface area contributed by atoms with E-state index in [0.717, 1.165) is 0 Å². The molecule has 0 atom stereocenters. The Labute approximate surface area is 75.0 Å². The van der Waals surface area contributed by atoms with E-state index in [1.807, 2.05) is 0 Å². The van der Waals surface area contributed by atoms with Crippen LogP contribution in [0.15, 0.2) is 41.1 Å². The normalized spacial score (nSPS) is 10.2. The van der Waals surface area contributed by atoms with Crippen molar-refractivity contribution in [3.63, 3.8) is 0 Å². The summed E-state index contributed by atoms with van der Waals surface area (Å²) in [6, 6.07) is 6.60. The van der Waals surface area contributed by atoms with Gasteiger partial charge < -0.3 is 4.42 Å². The third-order valence-corrected chi connectivity index (χ3v) is 1.78. The highest BCUT2D eigenvalue weighted by molar-refractivity contribution is 5.20. The number of oxazole rings is 1. The molecular formula is C10H8FNO. The molecule has 0 aliphatic heterocycles. The van der Waals surface area contributed by atoms with Gasteiger partial charge in [0, 0.05) is 0 Å². The minimum Gasteiger partial charge on any atom is -0.449 e. The summed E-state index contributed by atoms with van der Waals surface area (Å²) in [4.78, 5) is 3.92. The summed E-state index contributed by atoms with van der Waals surface area (Å²) in [5, 5.41) is 0. The van der Waals surface area contributed by atoms with Gasteiger partial charge in [-0.25, -0.2) is 9.37 Å². The van der Waals surface area contributed by atoms with Gasteiger partial charge in [0.15, 0.2) is 5.89 Å². The highest BCUT2D eigenvalue weighted by atomic mass is 19.1. The number of halogens is 1. The van der Waals surface area contributed by atoms with E-state index in [9.17, 15) is 4.39 Å². The van der Waals surface area contributed by atoms with Crippen LogP contribution < -0.4 is 0 Å². The molecule has 0 aliphatic rings. The van der Waals surface area contributed by atoms with Crippen molar-refractivity contribution in [2.45, 2.75) is 6.42 Å². The minimum absolute atomic E-state index is 0.222. The molecule has 1 heterocycles. The molecule has 2 nitrogen and oxygen atoms in total. The van der Waals surface area contributed by atoms with Crippen molar-refractivity contribution in [3.8, 4) is 0 Å². The molecule has 0 unspecified atom stereocenters. The first-order valence-corrected chi connectivity index (χ1v) is 3.98. The van der Waals surface area contributed by atoms with E-state index >= 15 is 0 Å². The lowest BCUT2D eigenvalue weighted by Crippen LogP contribution is -1.91. The molecule has 66 valence electrons. The van der Waals surface area contributed by atoms with Crippen LogP contribution in [0.1, 0.15) is 11.5 Å². The molecule has 0 saturated heterocycles. The van der Waals surface area contributed by atoms with E-state index in [1.54, 1.807) is 24.4 Å². The van der Waals surface area contributed by atoms with E-state index in [-0.39, 0.29) is 5.82 Å². The summed E-state index contributed by atoms with van der Waals surface area (Å²) in [7, 11) is 0. The molecule has 0 amide bonds. The Hall–Kier alpha value is -1.64. The van der Waals surface area contributed by atoms with Gasteiger partial charge in [-0.1, -0.05) is 18.2 Å². The van der Waals surface area contributed by atoms with Gasteiger partial charge in [-0.05, 0) is 11.6 Å². The largest absolute Gasteiger partial charge is 0.449 e. The fourth-order valence-corrected chi connectivity index (χ4v) is 1.14. The summed E-state index contributed by atoms with van der Waals surface area (Å²) in [6.45, 7) is 0. The molecule has 2 rings (SSSR count). The Morgan fingerprint density at radius 1 is 1.31 bits per heavy atom. The highest BCUT2D eigenvalue weighted by Crippen LogP contribution is 2.11. The predicted octanol–water partition coefficient (Wildman–Crippen LogP) is 2.40. The summed E-state index contributed by atoms with van der Waals surface area (Å²) in [6.07, 6.45) is 3.44. The van der Waals surface area contributed by atoms with Crippen LogP contribution in [0.2, 0.25) is 0 Å². The zero-order chi connectivity index (χ0) is 9.10. The second kappa shape index (κ2) is 3.39. The molecule has 0 radical (unpaired) electrons. The van der Waals surface area contributed by atoms with E-state index in [0.29, 0.717) is 17.9 Å². The van der Waals surface area contributed by atoms with Crippen molar-refractivity contribution >= 4 is 0 Å². The van der Waals surface area contributed by atoms with Crippen molar-refractivity contribution in [1.82, 2.24) is 4.98 Å². The van der Waals surface area contributed by atoms with Gasteiger partial charge in [-0.3, -0.25) is 0 Å². The molecule has 0 bridgehead atoms. The first kappa shape index (κ1) is 7.98. The van der Waals surface area contributed by atoms with E-state index in [4.69, 9.17) is 4.42 Å². The van der Waals surface area contributed by atoms with Crippen molar-refractivity contribution in [1.29, 1.82) is 0 Å². The molecule has 0 spiro atoms. The maximum absolute atomic E-state index is 13.1. The number of nitrogens with zero attached hydrogens (tertiary/aromatic N) is 1. The van der Waals surface area contributed by atoms with E-state index in [1.165, 1.54) is 12.3 Å². The van der Waals surface area contributed by atoms with Crippen LogP contribution in [0.5, 0.6) is 0 Å². The average Bonchev–Trinajstić information content (AvgIpc) is 2.61. The average molecular weight is 177 g/mol. The summed E-state index contributed by atoms with van der Waals surface area (Å²) >= 11 is 0. The molecule has 2 aromatic rings. The van der Waals surface area contributed by atoms with Gasteiger partial charge in [-0.2, -0.15) is 0 Å². The Balaban J connectivity index is 2.24. The maximum Gasteiger partial charge on any atom is 0.198 e. The third kappa shape index (κ3) is 1.75. The molecular weight excluding hydrogens is 169 g/mol. The fourth-order valence-electron chi connectivity index (χ4n) is 1.14. The molecule has 1 aromatic carbocycles. The first-order chi connectivity index (χ1) is 6.36. The van der Waals surface area contributed by atoms with Crippen LogP contribution in [0.3, 0.4) is 0 Å². The van der Waals surface area contributed by atoms with E-state index < -0.39 is 0 Å². The third-order valence-electron chi connectivity index (χ3n) is 1.78. The standard InChI is InChI=1S/C10H8FNO/c11-9-4-2-1-3-8(9)7-10-12-5-6-13-10/h1-6H,7H2. The Bertz CT molecular complexity index is 384. The maximum atomic E-state index is 13.1. The molecule has 13 heavy (non-hydrogen) atoms. The van der Waals surface area contributed by atoms with Crippen LogP contribution in [0, 0.1) is 5.82 Å². The molecule has 0 aliphatic carbocycles. The number of hydrogen-bond acceptors (Lipinski definition) is 2. The number of hydrogen-bond donors (Lipinski definition) is 0. The molecule has 0 N–H and O–H groups in total. The van der Waals surface area contributed by atoms with E-state index in [2.05, 4.69) is 4.98 Å². The highest BCUT2D eigenvalue weighted by Gasteiger charge is 2.04. The fraction of sp³-hybridized carbons (Fsp3) is 0.100. The molecule has 1 aromatic heterocycles. The van der Waals surface area contributed by atoms with Gasteiger partial charge in [-0.15, -0.1) is 0 Å². The monoisotopic (exact) mass is 177 g/mol. The number of benzene rings is 1. The van der Waals surface area contributed by atoms with Crippen molar-refractivity contribution < 1.29 is 8.81 Å². The Kier molecular flexibility index (Phi) is 2.08. The second-order valence-electron chi connectivity index (χ2n) is 2.69. The predicted molar refractivity (Wildman–Crippen MR) is 45.7 cm³/mol. The summed E-state index contributed by atoms with van der Waals surface area (Å²) in [5.41, 5.74) is 0.602. The molecule has 0 fully saturated rings. The number of aromatic nitrogens is 1. The van der Waals surface area contributed by atoms with Gasteiger partial charge in [0.05, 0.1) is 12.6 Å². The lowest BCUT2D eigenvalue weighted by molar-refractivity contribution is 0.501. The zero-order valence-electron chi connectivity index (χ0n) is 6.90. The zero-order valence-corrected chi connectivity index (χ0v) is 6.90. The minimum atomic E-state index is -0.222. The SMILES string of the molecule is Fc1ccccc1Cc1ncco1.